The van der Waals surface area contributed by atoms with Crippen molar-refractivity contribution in [3.63, 3.8) is 0 Å². The van der Waals surface area contributed by atoms with Crippen LogP contribution < -0.4 is 5.73 Å². The van der Waals surface area contributed by atoms with E-state index in [1.807, 2.05) is 0 Å². The van der Waals surface area contributed by atoms with E-state index in [1.54, 1.807) is 31.3 Å². The summed E-state index contributed by atoms with van der Waals surface area (Å²) in [6.45, 7) is -0.206. The Hall–Kier alpha value is -2.01. The summed E-state index contributed by atoms with van der Waals surface area (Å²) in [5.41, 5.74) is 7.30. The molecular formula is C11H13N3O2. The molecule has 0 aliphatic heterocycles. The molecule has 1 aromatic carbocycles. The Morgan fingerprint density at radius 1 is 1.44 bits per heavy atom. The molecule has 0 spiro atoms. The number of anilines is 1. The van der Waals surface area contributed by atoms with Gasteiger partial charge in [-0.25, -0.2) is 0 Å². The molecule has 1 aromatic heterocycles. The first-order valence-electron chi connectivity index (χ1n) is 4.85. The van der Waals surface area contributed by atoms with E-state index in [9.17, 15) is 5.11 Å². The van der Waals surface area contributed by atoms with Crippen LogP contribution in [0.25, 0.3) is 11.3 Å². The normalized spacial score (nSPS) is 10.6. The maximum atomic E-state index is 9.89. The summed E-state index contributed by atoms with van der Waals surface area (Å²) in [5.74, 6) is 0.562. The van der Waals surface area contributed by atoms with Crippen LogP contribution in [0.3, 0.4) is 0 Å². The van der Waals surface area contributed by atoms with Gasteiger partial charge in [-0.1, -0.05) is 12.1 Å². The van der Waals surface area contributed by atoms with Gasteiger partial charge in [0.1, 0.15) is 11.6 Å². The van der Waals surface area contributed by atoms with Crippen LogP contribution in [-0.4, -0.2) is 20.0 Å². The number of para-hydroxylation sites is 1. The highest BCUT2D eigenvalue weighted by atomic mass is 16.3. The number of aliphatic hydroxyl groups is 1. The van der Waals surface area contributed by atoms with Gasteiger partial charge in [-0.2, -0.15) is 5.10 Å². The molecule has 0 aliphatic rings. The van der Waals surface area contributed by atoms with Crippen molar-refractivity contribution in [2.45, 2.75) is 6.61 Å². The van der Waals surface area contributed by atoms with E-state index in [2.05, 4.69) is 5.10 Å². The zero-order chi connectivity index (χ0) is 11.7. The van der Waals surface area contributed by atoms with Gasteiger partial charge in [0.2, 0.25) is 0 Å². The van der Waals surface area contributed by atoms with Crippen LogP contribution in [0.5, 0.6) is 5.75 Å². The molecule has 0 aliphatic carbocycles. The van der Waals surface area contributed by atoms with Gasteiger partial charge < -0.3 is 15.9 Å². The van der Waals surface area contributed by atoms with E-state index >= 15 is 0 Å². The molecular weight excluding hydrogens is 206 g/mol. The maximum absolute atomic E-state index is 9.89. The molecule has 0 bridgehead atoms. The molecule has 0 fully saturated rings. The minimum Gasteiger partial charge on any atom is -0.507 e. The molecule has 2 aromatic rings. The lowest BCUT2D eigenvalue weighted by Gasteiger charge is -2.05. The number of aliphatic hydroxyl groups excluding tert-OH is 1. The third-order valence-electron chi connectivity index (χ3n) is 2.48. The summed E-state index contributed by atoms with van der Waals surface area (Å²) in [4.78, 5) is 0. The summed E-state index contributed by atoms with van der Waals surface area (Å²) < 4.78 is 1.53. The predicted molar refractivity (Wildman–Crippen MR) is 60.6 cm³/mol. The Morgan fingerprint density at radius 2 is 2.19 bits per heavy atom. The van der Waals surface area contributed by atoms with Crippen molar-refractivity contribution >= 4 is 5.82 Å². The molecule has 84 valence electrons. The van der Waals surface area contributed by atoms with Crippen molar-refractivity contribution < 1.29 is 10.2 Å². The number of hydrogen-bond acceptors (Lipinski definition) is 4. The second-order valence-corrected chi connectivity index (χ2v) is 3.55. The first-order valence-corrected chi connectivity index (χ1v) is 4.85. The summed E-state index contributed by atoms with van der Waals surface area (Å²) in [6.07, 6.45) is 0. The Kier molecular flexibility index (Phi) is 2.54. The van der Waals surface area contributed by atoms with E-state index in [1.165, 1.54) is 4.68 Å². The van der Waals surface area contributed by atoms with Crippen molar-refractivity contribution in [2.75, 3.05) is 5.73 Å². The van der Waals surface area contributed by atoms with Crippen LogP contribution in [0.1, 0.15) is 5.56 Å². The van der Waals surface area contributed by atoms with Gasteiger partial charge in [0, 0.05) is 24.2 Å². The van der Waals surface area contributed by atoms with E-state index < -0.39 is 0 Å². The fourth-order valence-electron chi connectivity index (χ4n) is 1.54. The number of nitrogen functional groups attached to an aromatic ring is 1. The van der Waals surface area contributed by atoms with Crippen LogP contribution in [0.15, 0.2) is 24.3 Å². The third kappa shape index (κ3) is 1.61. The van der Waals surface area contributed by atoms with Crippen LogP contribution in [0.2, 0.25) is 0 Å². The number of nitrogens with two attached hydrogens (primary N) is 1. The third-order valence-corrected chi connectivity index (χ3v) is 2.48. The van der Waals surface area contributed by atoms with Crippen LogP contribution in [0, 0.1) is 0 Å². The Morgan fingerprint density at radius 3 is 2.75 bits per heavy atom. The molecule has 5 nitrogen and oxygen atoms in total. The summed E-state index contributed by atoms with van der Waals surface area (Å²) in [6, 6.07) is 6.82. The average molecular weight is 219 g/mol. The van der Waals surface area contributed by atoms with Gasteiger partial charge in [-0.15, -0.1) is 0 Å². The van der Waals surface area contributed by atoms with E-state index in [-0.39, 0.29) is 12.4 Å². The Balaban J connectivity index is 2.55. The van der Waals surface area contributed by atoms with Crippen molar-refractivity contribution in [2.24, 2.45) is 7.05 Å². The zero-order valence-electron chi connectivity index (χ0n) is 8.88. The molecule has 0 saturated heterocycles. The summed E-state index contributed by atoms with van der Waals surface area (Å²) in [7, 11) is 1.73. The van der Waals surface area contributed by atoms with Gasteiger partial charge in [0.15, 0.2) is 0 Å². The maximum Gasteiger partial charge on any atom is 0.130 e. The number of nitrogens with zero attached hydrogens (tertiary/aromatic N) is 2. The monoisotopic (exact) mass is 219 g/mol. The van der Waals surface area contributed by atoms with Crippen molar-refractivity contribution in [1.82, 2.24) is 9.78 Å². The second kappa shape index (κ2) is 3.86. The van der Waals surface area contributed by atoms with E-state index in [0.29, 0.717) is 22.6 Å². The molecule has 4 N–H and O–H groups in total. The molecule has 0 unspecified atom stereocenters. The highest BCUT2D eigenvalue weighted by Crippen LogP contribution is 2.31. The highest BCUT2D eigenvalue weighted by Gasteiger charge is 2.11. The quantitative estimate of drug-likeness (QED) is 0.699. The van der Waals surface area contributed by atoms with Gasteiger partial charge >= 0.3 is 0 Å². The van der Waals surface area contributed by atoms with Crippen molar-refractivity contribution in [3.05, 3.63) is 29.8 Å². The molecule has 0 radical (unpaired) electrons. The largest absolute Gasteiger partial charge is 0.507 e. The van der Waals surface area contributed by atoms with Crippen LogP contribution in [0.4, 0.5) is 5.82 Å². The fourth-order valence-corrected chi connectivity index (χ4v) is 1.54. The van der Waals surface area contributed by atoms with E-state index in [0.717, 1.165) is 0 Å². The SMILES string of the molecule is Cn1nc(-c2cccc(CO)c2O)cc1N. The number of rotatable bonds is 2. The average Bonchev–Trinajstić information content (AvgIpc) is 2.59. The smallest absolute Gasteiger partial charge is 0.130 e. The van der Waals surface area contributed by atoms with Crippen LogP contribution in [-0.2, 0) is 13.7 Å². The first kappa shape index (κ1) is 10.5. The minimum absolute atomic E-state index is 0.0445. The van der Waals surface area contributed by atoms with Crippen LogP contribution >= 0.6 is 0 Å². The lowest BCUT2D eigenvalue weighted by Crippen LogP contribution is -1.96. The number of benzene rings is 1. The molecule has 0 atom stereocenters. The van der Waals surface area contributed by atoms with E-state index in [4.69, 9.17) is 10.8 Å². The number of aromatic nitrogens is 2. The van der Waals surface area contributed by atoms with Crippen molar-refractivity contribution in [1.29, 1.82) is 0 Å². The molecule has 1 heterocycles. The standard InChI is InChI=1S/C11H13N3O2/c1-14-10(12)5-9(13-14)8-4-2-3-7(6-15)11(8)16/h2-5,15-16H,6,12H2,1H3. The number of aryl methyl sites for hydroxylation is 1. The van der Waals surface area contributed by atoms with Crippen molar-refractivity contribution in [3.8, 4) is 17.0 Å². The minimum atomic E-state index is -0.206. The van der Waals surface area contributed by atoms with Gasteiger partial charge in [-0.3, -0.25) is 4.68 Å². The molecule has 5 heteroatoms. The molecule has 16 heavy (non-hydrogen) atoms. The number of hydrogen-bond donors (Lipinski definition) is 3. The van der Waals surface area contributed by atoms with Gasteiger partial charge in [0.05, 0.1) is 12.3 Å². The second-order valence-electron chi connectivity index (χ2n) is 3.55. The summed E-state index contributed by atoms with van der Waals surface area (Å²) in [5, 5.41) is 23.1. The van der Waals surface area contributed by atoms with Gasteiger partial charge in [-0.05, 0) is 6.07 Å². The Labute approximate surface area is 92.8 Å². The number of phenols is 1. The topological polar surface area (TPSA) is 84.3 Å². The Bertz CT molecular complexity index is 500. The first-order chi connectivity index (χ1) is 7.63. The lowest BCUT2D eigenvalue weighted by atomic mass is 10.1. The fraction of sp³-hybridized carbons (Fsp3) is 0.182. The lowest BCUT2D eigenvalue weighted by molar-refractivity contribution is 0.275. The summed E-state index contributed by atoms with van der Waals surface area (Å²) >= 11 is 0. The van der Waals surface area contributed by atoms with Gasteiger partial charge in [0.25, 0.3) is 0 Å². The molecule has 0 saturated carbocycles. The predicted octanol–water partition coefficient (Wildman–Crippen LogP) is 0.867. The number of aromatic hydroxyl groups is 1. The zero-order valence-corrected chi connectivity index (χ0v) is 8.88. The molecule has 2 rings (SSSR count). The highest BCUT2D eigenvalue weighted by molar-refractivity contribution is 5.70. The molecule has 0 amide bonds.